The molecular weight excluding hydrogens is 347 g/mol. The van der Waals surface area contributed by atoms with Gasteiger partial charge in [-0.15, -0.1) is 0 Å². The minimum Gasteiger partial charge on any atom is -0.356 e. The van der Waals surface area contributed by atoms with Crippen LogP contribution in [-0.4, -0.2) is 42.5 Å². The zero-order valence-corrected chi connectivity index (χ0v) is 14.6. The lowest BCUT2D eigenvalue weighted by molar-refractivity contribution is -0.271. The number of likely N-dealkylation sites (tertiary alicyclic amines) is 1. The minimum absolute atomic E-state index is 0.0458. The fourth-order valence-electron chi connectivity index (χ4n) is 4.29. The molecule has 7 heteroatoms. The molecule has 0 aromatic heterocycles. The summed E-state index contributed by atoms with van der Waals surface area (Å²) in [6.45, 7) is 0.210. The number of amides is 1. The van der Waals surface area contributed by atoms with Crippen molar-refractivity contribution < 1.29 is 27.5 Å². The van der Waals surface area contributed by atoms with Crippen LogP contribution in [0.15, 0.2) is 30.3 Å². The Labute approximate surface area is 150 Å². The normalized spacial score (nSPS) is 26.2. The second-order valence-corrected chi connectivity index (χ2v) is 6.92. The number of hydrogen-bond acceptors (Lipinski definition) is 3. The summed E-state index contributed by atoms with van der Waals surface area (Å²) in [5.41, 5.74) is -3.31. The molecule has 26 heavy (non-hydrogen) atoms. The first-order valence-corrected chi connectivity index (χ1v) is 8.84. The predicted octanol–water partition coefficient (Wildman–Crippen LogP) is 3.45. The van der Waals surface area contributed by atoms with Gasteiger partial charge in [0.05, 0.1) is 0 Å². The van der Waals surface area contributed by atoms with Crippen molar-refractivity contribution in [3.8, 4) is 0 Å². The van der Waals surface area contributed by atoms with Gasteiger partial charge in [-0.1, -0.05) is 36.8 Å². The Morgan fingerprint density at radius 3 is 2.46 bits per heavy atom. The first-order chi connectivity index (χ1) is 12.3. The number of carbonyl (C=O) groups excluding carboxylic acids is 2. The largest absolute Gasteiger partial charge is 0.430 e. The number of Topliss-reactive ketones (excluding diaryl/α,β-unsaturated/α-hetero) is 1. The summed E-state index contributed by atoms with van der Waals surface area (Å²) < 4.78 is 47.4. The SMILES string of the molecule is CO[C@](C(=O)N1CCCC[C@H]2C(=O)CC[C@@H]21)(c1ccccc1)C(F)(F)F. The van der Waals surface area contributed by atoms with Crippen LogP contribution in [0.5, 0.6) is 0 Å². The second kappa shape index (κ2) is 7.02. The third kappa shape index (κ3) is 2.92. The van der Waals surface area contributed by atoms with E-state index in [0.29, 0.717) is 25.7 Å². The fraction of sp³-hybridized carbons (Fsp3) is 0.579. The Balaban J connectivity index is 2.06. The van der Waals surface area contributed by atoms with E-state index in [-0.39, 0.29) is 23.8 Å². The van der Waals surface area contributed by atoms with Gasteiger partial charge in [0.2, 0.25) is 0 Å². The molecule has 0 unspecified atom stereocenters. The average molecular weight is 369 g/mol. The maximum Gasteiger partial charge on any atom is 0.430 e. The van der Waals surface area contributed by atoms with E-state index in [4.69, 9.17) is 4.74 Å². The van der Waals surface area contributed by atoms with Gasteiger partial charge in [-0.2, -0.15) is 13.2 Å². The summed E-state index contributed by atoms with van der Waals surface area (Å²) in [7, 11) is 0.910. The number of rotatable bonds is 3. The monoisotopic (exact) mass is 369 g/mol. The molecule has 3 rings (SSSR count). The van der Waals surface area contributed by atoms with E-state index in [2.05, 4.69) is 0 Å². The van der Waals surface area contributed by atoms with Crippen LogP contribution < -0.4 is 0 Å². The van der Waals surface area contributed by atoms with Gasteiger partial charge in [0.1, 0.15) is 5.78 Å². The number of halogens is 3. The number of nitrogens with zero attached hydrogens (tertiary/aromatic N) is 1. The van der Waals surface area contributed by atoms with Crippen molar-refractivity contribution in [2.45, 2.75) is 49.9 Å². The van der Waals surface area contributed by atoms with Gasteiger partial charge in [0.25, 0.3) is 11.5 Å². The van der Waals surface area contributed by atoms with Gasteiger partial charge in [0.15, 0.2) is 0 Å². The van der Waals surface area contributed by atoms with E-state index < -0.39 is 23.7 Å². The lowest BCUT2D eigenvalue weighted by Gasteiger charge is -2.40. The molecule has 0 radical (unpaired) electrons. The Morgan fingerprint density at radius 1 is 1.15 bits per heavy atom. The number of fused-ring (bicyclic) bond motifs is 1. The van der Waals surface area contributed by atoms with Crippen LogP contribution in [0.2, 0.25) is 0 Å². The maximum atomic E-state index is 14.1. The van der Waals surface area contributed by atoms with E-state index in [0.717, 1.165) is 13.5 Å². The molecule has 2 aliphatic rings. The van der Waals surface area contributed by atoms with Crippen molar-refractivity contribution in [2.75, 3.05) is 13.7 Å². The molecular formula is C19H22F3NO3. The zero-order valence-electron chi connectivity index (χ0n) is 14.6. The summed E-state index contributed by atoms with van der Waals surface area (Å²) in [5.74, 6) is -1.44. The molecule has 142 valence electrons. The highest BCUT2D eigenvalue weighted by molar-refractivity contribution is 5.90. The topological polar surface area (TPSA) is 46.6 Å². The third-order valence-electron chi connectivity index (χ3n) is 5.58. The van der Waals surface area contributed by atoms with Crippen LogP contribution in [0.3, 0.4) is 0 Å². The second-order valence-electron chi connectivity index (χ2n) is 6.92. The number of hydrogen-bond donors (Lipinski definition) is 0. The Bertz CT molecular complexity index is 676. The molecule has 4 nitrogen and oxygen atoms in total. The van der Waals surface area contributed by atoms with Crippen LogP contribution in [0.25, 0.3) is 0 Å². The molecule has 1 saturated heterocycles. The highest BCUT2D eigenvalue weighted by Crippen LogP contribution is 2.45. The molecule has 1 aliphatic heterocycles. The molecule has 1 aromatic rings. The van der Waals surface area contributed by atoms with Crippen molar-refractivity contribution in [3.63, 3.8) is 0 Å². The predicted molar refractivity (Wildman–Crippen MR) is 88.3 cm³/mol. The van der Waals surface area contributed by atoms with E-state index in [1.807, 2.05) is 0 Å². The van der Waals surface area contributed by atoms with Gasteiger partial charge in [0, 0.05) is 37.6 Å². The number of methoxy groups -OCH3 is 1. The maximum absolute atomic E-state index is 14.1. The molecule has 1 amide bonds. The summed E-state index contributed by atoms with van der Waals surface area (Å²) >= 11 is 0. The summed E-state index contributed by atoms with van der Waals surface area (Å²) in [6.07, 6.45) is -2.25. The molecule has 0 spiro atoms. The first kappa shape index (κ1) is 18.9. The summed E-state index contributed by atoms with van der Waals surface area (Å²) in [6, 6.07) is 6.52. The zero-order chi connectivity index (χ0) is 18.9. The van der Waals surface area contributed by atoms with Crippen LogP contribution in [-0.2, 0) is 19.9 Å². The summed E-state index contributed by atoms with van der Waals surface area (Å²) in [5, 5.41) is 0. The number of ketones is 1. The van der Waals surface area contributed by atoms with Crippen molar-refractivity contribution in [2.24, 2.45) is 5.92 Å². The van der Waals surface area contributed by atoms with Gasteiger partial charge in [-0.25, -0.2) is 0 Å². The van der Waals surface area contributed by atoms with Crippen LogP contribution in [0, 0.1) is 5.92 Å². The molecule has 1 saturated carbocycles. The van der Waals surface area contributed by atoms with E-state index in [1.54, 1.807) is 6.07 Å². The van der Waals surface area contributed by atoms with Gasteiger partial charge < -0.3 is 9.64 Å². The molecule has 1 heterocycles. The number of alkyl halides is 3. The van der Waals surface area contributed by atoms with E-state index in [1.165, 1.54) is 29.2 Å². The van der Waals surface area contributed by atoms with Crippen LogP contribution in [0.1, 0.15) is 37.7 Å². The average Bonchev–Trinajstić information content (AvgIpc) is 2.84. The lowest BCUT2D eigenvalue weighted by atomic mass is 9.89. The van der Waals surface area contributed by atoms with Gasteiger partial charge >= 0.3 is 6.18 Å². The molecule has 0 N–H and O–H groups in total. The van der Waals surface area contributed by atoms with E-state index >= 15 is 0 Å². The fourth-order valence-corrected chi connectivity index (χ4v) is 4.29. The highest BCUT2D eigenvalue weighted by atomic mass is 19.4. The number of ether oxygens (including phenoxy) is 1. The summed E-state index contributed by atoms with van der Waals surface area (Å²) in [4.78, 5) is 26.7. The Morgan fingerprint density at radius 2 is 1.85 bits per heavy atom. The lowest BCUT2D eigenvalue weighted by Crippen LogP contribution is -2.59. The number of benzene rings is 1. The number of carbonyl (C=O) groups is 2. The minimum atomic E-state index is -4.93. The third-order valence-corrected chi connectivity index (χ3v) is 5.58. The van der Waals surface area contributed by atoms with Crippen molar-refractivity contribution >= 4 is 11.7 Å². The van der Waals surface area contributed by atoms with Crippen LogP contribution in [0.4, 0.5) is 13.2 Å². The smallest absolute Gasteiger partial charge is 0.356 e. The standard InChI is InChI=1S/C19H22F3NO3/c1-26-18(19(20,21)22,13-7-3-2-4-8-13)17(25)23-12-6-5-9-14-15(23)10-11-16(14)24/h2-4,7-8,14-15H,5-6,9-12H2,1H3/t14-,15+,18+/m1/s1. The van der Waals surface area contributed by atoms with Gasteiger partial charge in [-0.05, 0) is 19.3 Å². The first-order valence-electron chi connectivity index (χ1n) is 8.84. The highest BCUT2D eigenvalue weighted by Gasteiger charge is 2.64. The van der Waals surface area contributed by atoms with Crippen LogP contribution >= 0.6 is 0 Å². The molecule has 0 bridgehead atoms. The van der Waals surface area contributed by atoms with Crippen molar-refractivity contribution in [1.82, 2.24) is 4.90 Å². The van der Waals surface area contributed by atoms with Crippen molar-refractivity contribution in [1.29, 1.82) is 0 Å². The molecule has 2 fully saturated rings. The molecule has 1 aliphatic carbocycles. The van der Waals surface area contributed by atoms with Gasteiger partial charge in [-0.3, -0.25) is 9.59 Å². The van der Waals surface area contributed by atoms with E-state index in [9.17, 15) is 22.8 Å². The Kier molecular flexibility index (Phi) is 5.10. The molecule has 1 aromatic carbocycles. The Hall–Kier alpha value is -1.89. The quantitative estimate of drug-likeness (QED) is 0.820. The molecule has 3 atom stereocenters. The van der Waals surface area contributed by atoms with Crippen molar-refractivity contribution in [3.05, 3.63) is 35.9 Å².